The van der Waals surface area contributed by atoms with Crippen LogP contribution >= 0.6 is 11.6 Å². The number of nitrogens with zero attached hydrogens (tertiary/aromatic N) is 1. The van der Waals surface area contributed by atoms with Crippen molar-refractivity contribution in [1.29, 1.82) is 0 Å². The van der Waals surface area contributed by atoms with Crippen molar-refractivity contribution in [2.24, 2.45) is 0 Å². The second-order valence-electron chi connectivity index (χ2n) is 5.35. The topological polar surface area (TPSA) is 58.6 Å². The maximum atomic E-state index is 12.4. The lowest BCUT2D eigenvalue weighted by Gasteiger charge is -2.18. The van der Waals surface area contributed by atoms with Crippen molar-refractivity contribution < 1.29 is 14.3 Å². The van der Waals surface area contributed by atoms with Crippen LogP contribution in [-0.4, -0.2) is 36.9 Å². The lowest BCUT2D eigenvalue weighted by atomic mass is 10.1. The first-order valence-electron chi connectivity index (χ1n) is 8.04. The van der Waals surface area contributed by atoms with E-state index in [1.54, 1.807) is 47.4 Å². The first kappa shape index (κ1) is 18.8. The summed E-state index contributed by atoms with van der Waals surface area (Å²) < 4.78 is 5.22. The highest BCUT2D eigenvalue weighted by atomic mass is 35.5. The number of halogens is 1. The highest BCUT2D eigenvalue weighted by molar-refractivity contribution is 6.31. The van der Waals surface area contributed by atoms with Crippen molar-refractivity contribution in [3.05, 3.63) is 58.6 Å². The fraction of sp³-hybridized carbons (Fsp3) is 0.263. The molecule has 2 amide bonds. The summed E-state index contributed by atoms with van der Waals surface area (Å²) in [4.78, 5) is 26.4. The molecule has 25 heavy (non-hydrogen) atoms. The van der Waals surface area contributed by atoms with Gasteiger partial charge in [0.15, 0.2) is 0 Å². The van der Waals surface area contributed by atoms with E-state index in [0.717, 1.165) is 0 Å². The minimum Gasteiger partial charge on any atom is -0.495 e. The van der Waals surface area contributed by atoms with Gasteiger partial charge in [-0.15, -0.1) is 0 Å². The molecule has 0 radical (unpaired) electrons. The zero-order valence-electron chi connectivity index (χ0n) is 14.5. The van der Waals surface area contributed by atoms with Gasteiger partial charge in [0.1, 0.15) is 5.75 Å². The predicted molar refractivity (Wildman–Crippen MR) is 99.7 cm³/mol. The summed E-state index contributed by atoms with van der Waals surface area (Å²) in [6.45, 7) is 5.15. The van der Waals surface area contributed by atoms with Gasteiger partial charge in [0.2, 0.25) is 0 Å². The smallest absolute Gasteiger partial charge is 0.255 e. The predicted octanol–water partition coefficient (Wildman–Crippen LogP) is 4.08. The van der Waals surface area contributed by atoms with Gasteiger partial charge >= 0.3 is 0 Å². The van der Waals surface area contributed by atoms with Crippen molar-refractivity contribution in [3.63, 3.8) is 0 Å². The number of ether oxygens (including phenoxy) is 1. The van der Waals surface area contributed by atoms with E-state index in [4.69, 9.17) is 16.3 Å². The number of carbonyl (C=O) groups excluding carboxylic acids is 2. The number of carbonyl (C=O) groups is 2. The molecule has 0 saturated heterocycles. The summed E-state index contributed by atoms with van der Waals surface area (Å²) in [5, 5.41) is 3.27. The lowest BCUT2D eigenvalue weighted by molar-refractivity contribution is 0.0772. The van der Waals surface area contributed by atoms with E-state index in [1.165, 1.54) is 7.11 Å². The molecule has 0 aliphatic heterocycles. The quantitative estimate of drug-likeness (QED) is 0.844. The molecule has 0 atom stereocenters. The Labute approximate surface area is 152 Å². The summed E-state index contributed by atoms with van der Waals surface area (Å²) >= 11 is 5.97. The Kier molecular flexibility index (Phi) is 6.42. The molecule has 0 spiro atoms. The average molecular weight is 361 g/mol. The minimum absolute atomic E-state index is 0.0477. The molecule has 0 unspecified atom stereocenters. The second kappa shape index (κ2) is 8.53. The number of amides is 2. The molecule has 0 saturated carbocycles. The summed E-state index contributed by atoms with van der Waals surface area (Å²) in [6.07, 6.45) is 0. The van der Waals surface area contributed by atoms with Crippen LogP contribution in [0.15, 0.2) is 42.5 Å². The van der Waals surface area contributed by atoms with Crippen LogP contribution in [0, 0.1) is 0 Å². The molecule has 0 fully saturated rings. The van der Waals surface area contributed by atoms with Crippen molar-refractivity contribution >= 4 is 29.1 Å². The third kappa shape index (κ3) is 4.51. The highest BCUT2D eigenvalue weighted by Gasteiger charge is 2.14. The average Bonchev–Trinajstić information content (AvgIpc) is 2.63. The van der Waals surface area contributed by atoms with E-state index >= 15 is 0 Å². The van der Waals surface area contributed by atoms with Crippen LogP contribution < -0.4 is 10.1 Å². The number of hydrogen-bond donors (Lipinski definition) is 1. The Balaban J connectivity index is 2.16. The SMILES string of the molecule is CCN(CC)C(=O)c1ccc(C(=O)Nc2cc(Cl)ccc2OC)cc1. The first-order chi connectivity index (χ1) is 12.0. The molecule has 1 N–H and O–H groups in total. The van der Waals surface area contributed by atoms with Gasteiger partial charge in [0.05, 0.1) is 12.8 Å². The third-order valence-electron chi connectivity index (χ3n) is 3.85. The van der Waals surface area contributed by atoms with E-state index < -0.39 is 0 Å². The summed E-state index contributed by atoms with van der Waals surface area (Å²) in [5.41, 5.74) is 1.49. The zero-order chi connectivity index (χ0) is 18.4. The van der Waals surface area contributed by atoms with Crippen molar-refractivity contribution in [3.8, 4) is 5.75 Å². The second-order valence-corrected chi connectivity index (χ2v) is 5.79. The Morgan fingerprint density at radius 1 is 1.04 bits per heavy atom. The molecule has 6 heteroatoms. The molecular weight excluding hydrogens is 340 g/mol. The Morgan fingerprint density at radius 2 is 1.64 bits per heavy atom. The molecule has 0 aliphatic carbocycles. The summed E-state index contributed by atoms with van der Waals surface area (Å²) in [6, 6.07) is 11.6. The number of methoxy groups -OCH3 is 1. The van der Waals surface area contributed by atoms with Crippen molar-refractivity contribution in [2.75, 3.05) is 25.5 Å². The van der Waals surface area contributed by atoms with Crippen LogP contribution in [0.2, 0.25) is 5.02 Å². The molecular formula is C19H21ClN2O3. The number of anilines is 1. The van der Waals surface area contributed by atoms with Gasteiger partial charge in [-0.3, -0.25) is 9.59 Å². The highest BCUT2D eigenvalue weighted by Crippen LogP contribution is 2.28. The summed E-state index contributed by atoms with van der Waals surface area (Å²) in [7, 11) is 1.52. The van der Waals surface area contributed by atoms with Gasteiger partial charge in [-0.2, -0.15) is 0 Å². The Hall–Kier alpha value is -2.53. The summed E-state index contributed by atoms with van der Waals surface area (Å²) in [5.74, 6) is 0.168. The van der Waals surface area contributed by atoms with Crippen LogP contribution in [0.4, 0.5) is 5.69 Å². The van der Waals surface area contributed by atoms with E-state index in [-0.39, 0.29) is 11.8 Å². The van der Waals surface area contributed by atoms with Crippen LogP contribution in [0.25, 0.3) is 0 Å². The van der Waals surface area contributed by atoms with E-state index in [2.05, 4.69) is 5.32 Å². The van der Waals surface area contributed by atoms with Crippen LogP contribution in [0.1, 0.15) is 34.6 Å². The van der Waals surface area contributed by atoms with Gasteiger partial charge in [0.25, 0.3) is 11.8 Å². The fourth-order valence-corrected chi connectivity index (χ4v) is 2.60. The van der Waals surface area contributed by atoms with Crippen molar-refractivity contribution in [2.45, 2.75) is 13.8 Å². The maximum Gasteiger partial charge on any atom is 0.255 e. The van der Waals surface area contributed by atoms with Crippen LogP contribution in [-0.2, 0) is 0 Å². The van der Waals surface area contributed by atoms with Gasteiger partial charge in [-0.1, -0.05) is 11.6 Å². The Bertz CT molecular complexity index is 756. The van der Waals surface area contributed by atoms with Gasteiger partial charge in [-0.25, -0.2) is 0 Å². The van der Waals surface area contributed by atoms with Gasteiger partial charge in [0, 0.05) is 29.2 Å². The normalized spacial score (nSPS) is 10.2. The molecule has 0 bridgehead atoms. The lowest BCUT2D eigenvalue weighted by Crippen LogP contribution is -2.30. The van der Waals surface area contributed by atoms with Crippen LogP contribution in [0.3, 0.4) is 0 Å². The molecule has 0 aliphatic rings. The standard InChI is InChI=1S/C19H21ClN2O3/c1-4-22(5-2)19(24)14-8-6-13(7-9-14)18(23)21-16-12-15(20)10-11-17(16)25-3/h6-12H,4-5H2,1-3H3,(H,21,23). The molecule has 2 aromatic carbocycles. The number of nitrogens with one attached hydrogen (secondary N) is 1. The van der Waals surface area contributed by atoms with Crippen molar-refractivity contribution in [1.82, 2.24) is 4.90 Å². The number of benzene rings is 2. The maximum absolute atomic E-state index is 12.4. The number of hydrogen-bond acceptors (Lipinski definition) is 3. The van der Waals surface area contributed by atoms with Crippen LogP contribution in [0.5, 0.6) is 5.75 Å². The molecule has 0 aromatic heterocycles. The monoisotopic (exact) mass is 360 g/mol. The molecule has 2 rings (SSSR count). The van der Waals surface area contributed by atoms with E-state index in [0.29, 0.717) is 40.7 Å². The number of rotatable bonds is 6. The first-order valence-corrected chi connectivity index (χ1v) is 8.42. The zero-order valence-corrected chi connectivity index (χ0v) is 15.3. The molecule has 132 valence electrons. The minimum atomic E-state index is -0.303. The van der Waals surface area contributed by atoms with Gasteiger partial charge in [-0.05, 0) is 56.3 Å². The Morgan fingerprint density at radius 3 is 2.20 bits per heavy atom. The molecule has 2 aromatic rings. The van der Waals surface area contributed by atoms with E-state index in [1.807, 2.05) is 13.8 Å². The fourth-order valence-electron chi connectivity index (χ4n) is 2.43. The third-order valence-corrected chi connectivity index (χ3v) is 4.09. The largest absolute Gasteiger partial charge is 0.495 e. The van der Waals surface area contributed by atoms with E-state index in [9.17, 15) is 9.59 Å². The molecule has 0 heterocycles. The molecule has 5 nitrogen and oxygen atoms in total. The van der Waals surface area contributed by atoms with Gasteiger partial charge < -0.3 is 15.0 Å².